The summed E-state index contributed by atoms with van der Waals surface area (Å²) in [6.07, 6.45) is 4.67. The minimum absolute atomic E-state index is 0.685. The van der Waals surface area contributed by atoms with E-state index in [1.165, 1.54) is 5.69 Å². The van der Waals surface area contributed by atoms with Crippen LogP contribution in [0.2, 0.25) is 0 Å². The molecule has 1 fully saturated rings. The van der Waals surface area contributed by atoms with Gasteiger partial charge in [-0.25, -0.2) is 9.97 Å². The first kappa shape index (κ1) is 20.8. The van der Waals surface area contributed by atoms with Gasteiger partial charge < -0.3 is 25.0 Å². The Morgan fingerprint density at radius 3 is 2.74 bits per heavy atom. The number of benzene rings is 2. The molecule has 8 heteroatoms. The zero-order valence-electron chi connectivity index (χ0n) is 19.3. The van der Waals surface area contributed by atoms with Crippen molar-refractivity contribution in [3.63, 3.8) is 0 Å². The molecule has 0 amide bonds. The lowest BCUT2D eigenvalue weighted by molar-refractivity contribution is 0.122. The Morgan fingerprint density at radius 1 is 1.06 bits per heavy atom. The van der Waals surface area contributed by atoms with Gasteiger partial charge in [-0.15, -0.1) is 0 Å². The van der Waals surface area contributed by atoms with Crippen LogP contribution < -0.4 is 20.3 Å². The summed E-state index contributed by atoms with van der Waals surface area (Å²) in [4.78, 5) is 12.0. The highest BCUT2D eigenvalue weighted by Gasteiger charge is 2.18. The Bertz CT molecular complexity index is 1310. The fourth-order valence-corrected chi connectivity index (χ4v) is 4.69. The molecular formula is C26H28N6O2. The Hall–Kier alpha value is -3.78. The van der Waals surface area contributed by atoms with E-state index < -0.39 is 0 Å². The molecule has 0 atom stereocenters. The first-order chi connectivity index (χ1) is 16.8. The number of hydrogen-bond acceptors (Lipinski definition) is 7. The van der Waals surface area contributed by atoms with Gasteiger partial charge in [0.05, 0.1) is 30.3 Å². The summed E-state index contributed by atoms with van der Waals surface area (Å²) in [5.74, 6) is 1.62. The highest BCUT2D eigenvalue weighted by atomic mass is 16.5. The molecule has 0 saturated carbocycles. The van der Waals surface area contributed by atoms with Crippen molar-refractivity contribution in [1.82, 2.24) is 14.4 Å². The fraction of sp³-hybridized carbons (Fsp3) is 0.308. The second kappa shape index (κ2) is 8.87. The van der Waals surface area contributed by atoms with Gasteiger partial charge >= 0.3 is 0 Å². The third-order valence-electron chi connectivity index (χ3n) is 6.41. The quantitative estimate of drug-likeness (QED) is 0.463. The lowest BCUT2D eigenvalue weighted by Crippen LogP contribution is -2.36. The van der Waals surface area contributed by atoms with Crippen molar-refractivity contribution < 1.29 is 9.47 Å². The number of nitrogens with one attached hydrogen (secondary N) is 2. The predicted octanol–water partition coefficient (Wildman–Crippen LogP) is 4.34. The van der Waals surface area contributed by atoms with Gasteiger partial charge in [0.15, 0.2) is 11.5 Å². The highest BCUT2D eigenvalue weighted by Crippen LogP contribution is 2.35. The fourth-order valence-electron chi connectivity index (χ4n) is 4.69. The Morgan fingerprint density at radius 2 is 1.91 bits per heavy atom. The van der Waals surface area contributed by atoms with Gasteiger partial charge in [-0.1, -0.05) is 6.92 Å². The SMILES string of the molecule is CCc1c(-c2ccc3c(c2)NCCO3)nc(Nc2ccc(N3CCOCC3)cc2)c2nccn12. The number of rotatable bonds is 5. The zero-order chi connectivity index (χ0) is 22.9. The topological polar surface area (TPSA) is 76.0 Å². The van der Waals surface area contributed by atoms with E-state index in [4.69, 9.17) is 14.5 Å². The molecule has 0 aliphatic carbocycles. The predicted molar refractivity (Wildman–Crippen MR) is 135 cm³/mol. The van der Waals surface area contributed by atoms with Crippen molar-refractivity contribution in [2.24, 2.45) is 0 Å². The summed E-state index contributed by atoms with van der Waals surface area (Å²) in [7, 11) is 0. The van der Waals surface area contributed by atoms with Crippen LogP contribution in [0.4, 0.5) is 22.9 Å². The molecule has 1 saturated heterocycles. The van der Waals surface area contributed by atoms with Gasteiger partial charge in [-0.2, -0.15) is 0 Å². The maximum Gasteiger partial charge on any atom is 0.180 e. The lowest BCUT2D eigenvalue weighted by atomic mass is 10.1. The van der Waals surface area contributed by atoms with Crippen LogP contribution in [-0.4, -0.2) is 53.8 Å². The average molecular weight is 457 g/mol. The molecule has 0 radical (unpaired) electrons. The molecule has 174 valence electrons. The standard InChI is InChI=1S/C26H28N6O2/c1-2-22-24(18-3-8-23-21(17-18)27-10-14-34-23)30-25(26-28-9-11-32(22)26)29-19-4-6-20(7-5-19)31-12-15-33-16-13-31/h3-9,11,17,27H,2,10,12-16H2,1H3,(H,29,30). The van der Waals surface area contributed by atoms with Crippen LogP contribution in [0.1, 0.15) is 12.6 Å². The number of aromatic nitrogens is 3. The van der Waals surface area contributed by atoms with Crippen LogP contribution in [0.3, 0.4) is 0 Å². The molecule has 34 heavy (non-hydrogen) atoms. The Balaban J connectivity index is 1.37. The van der Waals surface area contributed by atoms with Crippen LogP contribution in [-0.2, 0) is 11.2 Å². The van der Waals surface area contributed by atoms with Crippen LogP contribution in [0.5, 0.6) is 5.75 Å². The number of hydrogen-bond donors (Lipinski definition) is 2. The largest absolute Gasteiger partial charge is 0.490 e. The van der Waals surface area contributed by atoms with Crippen molar-refractivity contribution >= 4 is 28.5 Å². The summed E-state index contributed by atoms with van der Waals surface area (Å²) in [5, 5.41) is 6.94. The Labute approximate surface area is 198 Å². The van der Waals surface area contributed by atoms with Crippen LogP contribution in [0, 0.1) is 0 Å². The van der Waals surface area contributed by atoms with E-state index in [1.807, 2.05) is 18.5 Å². The normalized spacial score (nSPS) is 15.5. The Kier molecular flexibility index (Phi) is 5.43. The molecule has 8 nitrogen and oxygen atoms in total. The molecule has 2 aromatic carbocycles. The molecule has 2 aromatic heterocycles. The van der Waals surface area contributed by atoms with Crippen molar-refractivity contribution in [2.45, 2.75) is 13.3 Å². The molecule has 2 aliphatic rings. The molecule has 6 rings (SSSR count). The number of nitrogens with zero attached hydrogens (tertiary/aromatic N) is 4. The minimum atomic E-state index is 0.685. The summed E-state index contributed by atoms with van der Waals surface area (Å²) >= 11 is 0. The van der Waals surface area contributed by atoms with Gasteiger partial charge in [0.25, 0.3) is 0 Å². The van der Waals surface area contributed by atoms with E-state index in [1.54, 1.807) is 0 Å². The van der Waals surface area contributed by atoms with E-state index >= 15 is 0 Å². The van der Waals surface area contributed by atoms with Gasteiger partial charge in [-0.3, -0.25) is 4.40 Å². The maximum atomic E-state index is 5.76. The van der Waals surface area contributed by atoms with Crippen molar-refractivity contribution in [1.29, 1.82) is 0 Å². The molecule has 0 bridgehead atoms. The number of imidazole rings is 1. The van der Waals surface area contributed by atoms with Gasteiger partial charge in [-0.05, 0) is 48.9 Å². The van der Waals surface area contributed by atoms with Crippen molar-refractivity contribution in [2.75, 3.05) is 55.0 Å². The first-order valence-corrected chi connectivity index (χ1v) is 11.9. The summed E-state index contributed by atoms with van der Waals surface area (Å²) < 4.78 is 13.4. The summed E-state index contributed by atoms with van der Waals surface area (Å²) in [6, 6.07) is 14.7. The summed E-state index contributed by atoms with van der Waals surface area (Å²) in [5.41, 5.74) is 7.12. The van der Waals surface area contributed by atoms with E-state index in [0.717, 1.165) is 84.8 Å². The van der Waals surface area contributed by atoms with E-state index in [0.29, 0.717) is 6.61 Å². The van der Waals surface area contributed by atoms with Gasteiger partial charge in [0, 0.05) is 49.0 Å². The number of ether oxygens (including phenoxy) is 2. The molecule has 4 heterocycles. The number of morpholine rings is 1. The van der Waals surface area contributed by atoms with Crippen molar-refractivity contribution in [3.8, 4) is 17.0 Å². The second-order valence-corrected chi connectivity index (χ2v) is 8.49. The molecule has 2 aliphatic heterocycles. The molecule has 2 N–H and O–H groups in total. The lowest BCUT2D eigenvalue weighted by Gasteiger charge is -2.29. The number of fused-ring (bicyclic) bond motifs is 2. The van der Waals surface area contributed by atoms with Crippen LogP contribution in [0.15, 0.2) is 54.9 Å². The van der Waals surface area contributed by atoms with E-state index in [-0.39, 0.29) is 0 Å². The molecule has 0 spiro atoms. The van der Waals surface area contributed by atoms with Crippen molar-refractivity contribution in [3.05, 3.63) is 60.6 Å². The van der Waals surface area contributed by atoms with Gasteiger partial charge in [0.2, 0.25) is 0 Å². The summed E-state index contributed by atoms with van der Waals surface area (Å²) in [6.45, 7) is 7.04. The maximum absolute atomic E-state index is 5.76. The third kappa shape index (κ3) is 3.80. The minimum Gasteiger partial charge on any atom is -0.490 e. The van der Waals surface area contributed by atoms with Crippen LogP contribution >= 0.6 is 0 Å². The van der Waals surface area contributed by atoms with E-state index in [2.05, 4.69) is 68.2 Å². The first-order valence-electron chi connectivity index (χ1n) is 11.9. The molecule has 4 aromatic rings. The van der Waals surface area contributed by atoms with Gasteiger partial charge in [0.1, 0.15) is 12.4 Å². The average Bonchev–Trinajstić information content (AvgIpc) is 3.39. The monoisotopic (exact) mass is 456 g/mol. The molecular weight excluding hydrogens is 428 g/mol. The van der Waals surface area contributed by atoms with E-state index in [9.17, 15) is 0 Å². The molecule has 0 unspecified atom stereocenters. The number of aryl methyl sites for hydroxylation is 1. The zero-order valence-corrected chi connectivity index (χ0v) is 19.3. The second-order valence-electron chi connectivity index (χ2n) is 8.49. The number of anilines is 4. The highest BCUT2D eigenvalue weighted by molar-refractivity contribution is 5.78. The smallest absolute Gasteiger partial charge is 0.180 e. The van der Waals surface area contributed by atoms with Crippen LogP contribution in [0.25, 0.3) is 16.9 Å². The third-order valence-corrected chi connectivity index (χ3v) is 6.41.